The lowest BCUT2D eigenvalue weighted by atomic mass is 10.1. The number of rotatable bonds is 3. The molecule has 2 heterocycles. The minimum atomic E-state index is -0.270. The molecule has 0 saturated heterocycles. The van der Waals surface area contributed by atoms with Crippen molar-refractivity contribution in [1.82, 2.24) is 14.6 Å². The van der Waals surface area contributed by atoms with Gasteiger partial charge in [0.15, 0.2) is 5.69 Å². The van der Waals surface area contributed by atoms with Crippen LogP contribution in [-0.2, 0) is 6.42 Å². The molecule has 5 nitrogen and oxygen atoms in total. The number of halogens is 1. The Morgan fingerprint density at radius 3 is 2.76 bits per heavy atom. The molecule has 17 heavy (non-hydrogen) atoms. The Bertz CT molecular complexity index is 441. The summed E-state index contributed by atoms with van der Waals surface area (Å²) >= 11 is 6.03. The van der Waals surface area contributed by atoms with E-state index in [1.807, 2.05) is 0 Å². The van der Waals surface area contributed by atoms with E-state index in [0.29, 0.717) is 12.4 Å². The summed E-state index contributed by atoms with van der Waals surface area (Å²) in [6, 6.07) is 0.266. The van der Waals surface area contributed by atoms with Gasteiger partial charge in [0.1, 0.15) is 6.67 Å². The quantitative estimate of drug-likeness (QED) is 0.827. The maximum Gasteiger partial charge on any atom is 0.296 e. The highest BCUT2D eigenvalue weighted by atomic mass is 35.5. The van der Waals surface area contributed by atoms with Crippen LogP contribution in [0.2, 0.25) is 0 Å². The molecule has 0 atom stereocenters. The van der Waals surface area contributed by atoms with Gasteiger partial charge in [0, 0.05) is 17.8 Å². The molecule has 0 aliphatic carbocycles. The van der Waals surface area contributed by atoms with Crippen molar-refractivity contribution in [3.63, 3.8) is 0 Å². The van der Waals surface area contributed by atoms with E-state index in [1.165, 1.54) is 4.20 Å². The predicted molar refractivity (Wildman–Crippen MR) is 66.4 cm³/mol. The molecular weight excluding hydrogens is 240 g/mol. The highest BCUT2D eigenvalue weighted by molar-refractivity contribution is 6.16. The lowest BCUT2D eigenvalue weighted by Gasteiger charge is -2.31. The Morgan fingerprint density at radius 1 is 1.47 bits per heavy atom. The van der Waals surface area contributed by atoms with Gasteiger partial charge >= 0.3 is 0 Å². The van der Waals surface area contributed by atoms with Crippen LogP contribution in [0.3, 0.4) is 0 Å². The van der Waals surface area contributed by atoms with Crippen molar-refractivity contribution in [1.29, 1.82) is 0 Å². The van der Waals surface area contributed by atoms with Crippen molar-refractivity contribution in [2.75, 3.05) is 11.6 Å². The Balaban J connectivity index is 2.53. The van der Waals surface area contributed by atoms with Crippen LogP contribution in [-0.4, -0.2) is 27.9 Å². The second-order valence-electron chi connectivity index (χ2n) is 4.42. The first kappa shape index (κ1) is 12.2. The second-order valence-corrected chi connectivity index (χ2v) is 4.74. The minimum absolute atomic E-state index is 0.266. The molecule has 1 radical (unpaired) electrons. The lowest BCUT2D eigenvalue weighted by Crippen LogP contribution is -2.43. The van der Waals surface area contributed by atoms with Crippen LogP contribution in [0.1, 0.15) is 43.4 Å². The van der Waals surface area contributed by atoms with Gasteiger partial charge in [-0.2, -0.15) is 4.20 Å². The van der Waals surface area contributed by atoms with Crippen LogP contribution in [0.25, 0.3) is 0 Å². The summed E-state index contributed by atoms with van der Waals surface area (Å²) in [5, 5.41) is 8.02. The zero-order valence-corrected chi connectivity index (χ0v) is 11.0. The lowest BCUT2D eigenvalue weighted by molar-refractivity contribution is 0.0936. The normalized spacial score (nSPS) is 15.1. The van der Waals surface area contributed by atoms with Crippen LogP contribution in [0.4, 0.5) is 5.69 Å². The van der Waals surface area contributed by atoms with E-state index in [9.17, 15) is 4.79 Å². The van der Waals surface area contributed by atoms with Gasteiger partial charge in [-0.1, -0.05) is 13.3 Å². The number of aromatic nitrogens is 2. The molecule has 0 spiro atoms. The predicted octanol–water partition coefficient (Wildman–Crippen LogP) is 1.77. The van der Waals surface area contributed by atoms with E-state index >= 15 is 0 Å². The van der Waals surface area contributed by atoms with E-state index in [1.54, 1.807) is 0 Å². The van der Waals surface area contributed by atoms with Gasteiger partial charge in [0.2, 0.25) is 0 Å². The van der Waals surface area contributed by atoms with Gasteiger partial charge < -0.3 is 4.90 Å². The topological polar surface area (TPSA) is 52.2 Å². The third kappa shape index (κ3) is 1.99. The number of nitrogens with zero attached hydrogens (tertiary/aromatic N) is 4. The molecule has 1 aliphatic rings. The van der Waals surface area contributed by atoms with Crippen molar-refractivity contribution in [2.24, 2.45) is 0 Å². The minimum Gasteiger partial charge on any atom is -0.346 e. The average molecular weight is 256 g/mol. The highest BCUT2D eigenvalue weighted by Crippen LogP contribution is 2.31. The number of hydrogen-bond donors (Lipinski definition) is 0. The van der Waals surface area contributed by atoms with E-state index in [-0.39, 0.29) is 11.9 Å². The molecule has 0 aromatic carbocycles. The SMILES string of the molecule is CCCc1c2c(nn1Cl)C(=O)[N]CN2C(C)C. The molecule has 1 aliphatic heterocycles. The highest BCUT2D eigenvalue weighted by Gasteiger charge is 2.32. The number of amides is 1. The summed E-state index contributed by atoms with van der Waals surface area (Å²) in [6.07, 6.45) is 1.77. The van der Waals surface area contributed by atoms with Gasteiger partial charge in [-0.05, 0) is 20.3 Å². The third-order valence-electron chi connectivity index (χ3n) is 2.87. The zero-order valence-electron chi connectivity index (χ0n) is 10.3. The summed E-state index contributed by atoms with van der Waals surface area (Å²) in [7, 11) is 0. The average Bonchev–Trinajstić information content (AvgIpc) is 2.58. The van der Waals surface area contributed by atoms with Gasteiger partial charge in [-0.15, -0.1) is 5.10 Å². The maximum atomic E-state index is 11.7. The number of fused-ring (bicyclic) bond motifs is 1. The van der Waals surface area contributed by atoms with E-state index in [4.69, 9.17) is 11.8 Å². The van der Waals surface area contributed by atoms with Crippen LogP contribution >= 0.6 is 11.8 Å². The smallest absolute Gasteiger partial charge is 0.296 e. The summed E-state index contributed by atoms with van der Waals surface area (Å²) in [5.41, 5.74) is 2.14. The Hall–Kier alpha value is -1.23. The fourth-order valence-corrected chi connectivity index (χ4v) is 2.26. The van der Waals surface area contributed by atoms with Gasteiger partial charge in [-0.25, -0.2) is 5.32 Å². The summed E-state index contributed by atoms with van der Waals surface area (Å²) in [5.74, 6) is -0.270. The van der Waals surface area contributed by atoms with Gasteiger partial charge in [0.25, 0.3) is 5.91 Å². The molecule has 1 amide bonds. The van der Waals surface area contributed by atoms with Gasteiger partial charge in [-0.3, -0.25) is 4.79 Å². The van der Waals surface area contributed by atoms with Crippen LogP contribution in [0.5, 0.6) is 0 Å². The van der Waals surface area contributed by atoms with Crippen molar-refractivity contribution in [2.45, 2.75) is 39.7 Å². The Labute approximate surface area is 106 Å². The Kier molecular flexibility index (Phi) is 3.28. The molecule has 93 valence electrons. The van der Waals surface area contributed by atoms with Crippen molar-refractivity contribution >= 4 is 23.4 Å². The molecular formula is C11H16ClN4O. The molecule has 0 saturated carbocycles. The number of hydrogen-bond acceptors (Lipinski definition) is 3. The van der Waals surface area contributed by atoms with Crippen LogP contribution in [0.15, 0.2) is 0 Å². The molecule has 2 rings (SSSR count). The second kappa shape index (κ2) is 4.56. The van der Waals surface area contributed by atoms with Crippen LogP contribution in [0, 0.1) is 0 Å². The van der Waals surface area contributed by atoms with Crippen molar-refractivity contribution < 1.29 is 4.79 Å². The third-order valence-corrected chi connectivity index (χ3v) is 3.15. The van der Waals surface area contributed by atoms with E-state index < -0.39 is 0 Å². The molecule has 0 N–H and O–H groups in total. The first-order valence-electron chi connectivity index (χ1n) is 5.82. The maximum absolute atomic E-state index is 11.7. The standard InChI is InChI=1S/C11H16ClN4O/c1-4-5-8-10-9(14-16(8)12)11(17)13-6-15(10)7(2)3/h7H,4-6H2,1-3H3. The summed E-state index contributed by atoms with van der Waals surface area (Å²) < 4.78 is 1.29. The molecule has 6 heteroatoms. The fraction of sp³-hybridized carbons (Fsp3) is 0.636. The van der Waals surface area contributed by atoms with Gasteiger partial charge in [0.05, 0.1) is 11.4 Å². The molecule has 0 unspecified atom stereocenters. The monoisotopic (exact) mass is 255 g/mol. The molecule has 1 aromatic heterocycles. The first-order valence-corrected chi connectivity index (χ1v) is 6.16. The first-order chi connectivity index (χ1) is 8.06. The molecule has 1 aromatic rings. The van der Waals surface area contributed by atoms with Crippen LogP contribution < -0.4 is 10.2 Å². The Morgan fingerprint density at radius 2 is 2.18 bits per heavy atom. The largest absolute Gasteiger partial charge is 0.346 e. The summed E-state index contributed by atoms with van der Waals surface area (Å²) in [6.45, 7) is 6.60. The molecule has 0 fully saturated rings. The fourth-order valence-electron chi connectivity index (χ4n) is 2.02. The van der Waals surface area contributed by atoms with E-state index in [0.717, 1.165) is 24.2 Å². The molecule has 0 bridgehead atoms. The van der Waals surface area contributed by atoms with E-state index in [2.05, 4.69) is 36.1 Å². The number of anilines is 1. The van der Waals surface area contributed by atoms with Crippen molar-refractivity contribution in [3.8, 4) is 0 Å². The zero-order chi connectivity index (χ0) is 12.6. The van der Waals surface area contributed by atoms with Crippen molar-refractivity contribution in [3.05, 3.63) is 11.4 Å². The number of carbonyl (C=O) groups is 1. The number of carbonyl (C=O) groups excluding carboxylic acids is 1. The summed E-state index contributed by atoms with van der Waals surface area (Å²) in [4.78, 5) is 13.8.